The third-order valence-corrected chi connectivity index (χ3v) is 4.42. The molecule has 0 saturated heterocycles. The maximum absolute atomic E-state index is 9.73. The third-order valence-electron chi connectivity index (χ3n) is 4.42. The second-order valence-electron chi connectivity index (χ2n) is 5.58. The number of benzene rings is 1. The van der Waals surface area contributed by atoms with E-state index in [0.29, 0.717) is 6.54 Å². The molecule has 0 aromatic heterocycles. The van der Waals surface area contributed by atoms with Gasteiger partial charge in [-0.25, -0.2) is 0 Å². The van der Waals surface area contributed by atoms with E-state index >= 15 is 0 Å². The molecule has 1 unspecified atom stereocenters. The Morgan fingerprint density at radius 2 is 1.58 bits per heavy atom. The number of rotatable bonds is 8. The lowest BCUT2D eigenvalue weighted by Crippen LogP contribution is -2.49. The van der Waals surface area contributed by atoms with Gasteiger partial charge in [0.1, 0.15) is 0 Å². The summed E-state index contributed by atoms with van der Waals surface area (Å²) in [6.07, 6.45) is 1.84. The standard InChI is InChI=1S/C16H27NO2/c1-4-16(5-2,13-19)11-17-15(3,12-18)14-9-7-6-8-10-14/h6-10,17-19H,4-5,11-13H2,1-3H3. The minimum Gasteiger partial charge on any atom is -0.396 e. The van der Waals surface area contributed by atoms with E-state index in [1.54, 1.807) is 0 Å². The van der Waals surface area contributed by atoms with Gasteiger partial charge in [0, 0.05) is 18.6 Å². The SMILES string of the molecule is CCC(CC)(CO)CNC(C)(CO)c1ccccc1. The van der Waals surface area contributed by atoms with Gasteiger partial charge in [0.15, 0.2) is 0 Å². The first-order chi connectivity index (χ1) is 9.05. The average molecular weight is 265 g/mol. The van der Waals surface area contributed by atoms with E-state index < -0.39 is 5.54 Å². The Morgan fingerprint density at radius 1 is 1.00 bits per heavy atom. The molecule has 0 saturated carbocycles. The Hall–Kier alpha value is -0.900. The van der Waals surface area contributed by atoms with Crippen molar-refractivity contribution in [2.75, 3.05) is 19.8 Å². The van der Waals surface area contributed by atoms with E-state index in [-0.39, 0.29) is 18.6 Å². The number of aliphatic hydroxyl groups excluding tert-OH is 2. The molecule has 1 aromatic rings. The van der Waals surface area contributed by atoms with Gasteiger partial charge < -0.3 is 15.5 Å². The largest absolute Gasteiger partial charge is 0.396 e. The molecule has 0 radical (unpaired) electrons. The molecule has 0 aliphatic carbocycles. The van der Waals surface area contributed by atoms with Crippen LogP contribution < -0.4 is 5.32 Å². The molecule has 3 nitrogen and oxygen atoms in total. The van der Waals surface area contributed by atoms with Crippen molar-refractivity contribution in [3.05, 3.63) is 35.9 Å². The highest BCUT2D eigenvalue weighted by molar-refractivity contribution is 5.23. The van der Waals surface area contributed by atoms with Gasteiger partial charge in [0.05, 0.1) is 12.1 Å². The van der Waals surface area contributed by atoms with Crippen LogP contribution in [0.4, 0.5) is 0 Å². The second-order valence-corrected chi connectivity index (χ2v) is 5.58. The first kappa shape index (κ1) is 16.2. The van der Waals surface area contributed by atoms with Gasteiger partial charge in [-0.3, -0.25) is 0 Å². The van der Waals surface area contributed by atoms with Gasteiger partial charge >= 0.3 is 0 Å². The smallest absolute Gasteiger partial charge is 0.0652 e. The molecule has 0 spiro atoms. The Labute approximate surface area is 116 Å². The Bertz CT molecular complexity index is 354. The zero-order chi connectivity index (χ0) is 14.4. The molecule has 19 heavy (non-hydrogen) atoms. The maximum Gasteiger partial charge on any atom is 0.0652 e. The molecule has 1 rings (SSSR count). The maximum atomic E-state index is 9.73. The lowest BCUT2D eigenvalue weighted by molar-refractivity contribution is 0.0885. The van der Waals surface area contributed by atoms with Crippen molar-refractivity contribution in [3.8, 4) is 0 Å². The zero-order valence-corrected chi connectivity index (χ0v) is 12.3. The van der Waals surface area contributed by atoms with Gasteiger partial charge in [-0.15, -0.1) is 0 Å². The quantitative estimate of drug-likeness (QED) is 0.676. The summed E-state index contributed by atoms with van der Waals surface area (Å²) in [5, 5.41) is 22.8. The molecular weight excluding hydrogens is 238 g/mol. The van der Waals surface area contributed by atoms with Crippen molar-refractivity contribution in [2.24, 2.45) is 5.41 Å². The van der Waals surface area contributed by atoms with Crippen LogP contribution in [0.25, 0.3) is 0 Å². The van der Waals surface area contributed by atoms with Crippen LogP contribution in [0.15, 0.2) is 30.3 Å². The summed E-state index contributed by atoms with van der Waals surface area (Å²) in [5.74, 6) is 0. The average Bonchev–Trinajstić information content (AvgIpc) is 2.50. The summed E-state index contributed by atoms with van der Waals surface area (Å²) in [4.78, 5) is 0. The molecule has 1 aromatic carbocycles. The van der Waals surface area contributed by atoms with Crippen LogP contribution in [0.1, 0.15) is 39.2 Å². The van der Waals surface area contributed by atoms with Gasteiger partial charge in [0.2, 0.25) is 0 Å². The van der Waals surface area contributed by atoms with E-state index in [1.807, 2.05) is 37.3 Å². The van der Waals surface area contributed by atoms with E-state index in [0.717, 1.165) is 18.4 Å². The minimum atomic E-state index is -0.466. The summed E-state index contributed by atoms with van der Waals surface area (Å²) >= 11 is 0. The Morgan fingerprint density at radius 3 is 2.00 bits per heavy atom. The number of hydrogen-bond donors (Lipinski definition) is 3. The highest BCUT2D eigenvalue weighted by atomic mass is 16.3. The van der Waals surface area contributed by atoms with Crippen LogP contribution in [0.5, 0.6) is 0 Å². The van der Waals surface area contributed by atoms with Crippen molar-refractivity contribution in [1.29, 1.82) is 0 Å². The molecule has 3 N–H and O–H groups in total. The summed E-state index contributed by atoms with van der Waals surface area (Å²) in [7, 11) is 0. The van der Waals surface area contributed by atoms with Crippen molar-refractivity contribution >= 4 is 0 Å². The van der Waals surface area contributed by atoms with Crippen molar-refractivity contribution < 1.29 is 10.2 Å². The lowest BCUT2D eigenvalue weighted by Gasteiger charge is -2.36. The molecule has 1 atom stereocenters. The molecule has 108 valence electrons. The fourth-order valence-corrected chi connectivity index (χ4v) is 2.22. The van der Waals surface area contributed by atoms with Crippen LogP contribution >= 0.6 is 0 Å². The molecule has 0 aliphatic rings. The van der Waals surface area contributed by atoms with Crippen molar-refractivity contribution in [2.45, 2.75) is 39.2 Å². The van der Waals surface area contributed by atoms with E-state index in [4.69, 9.17) is 0 Å². The second kappa shape index (κ2) is 7.04. The summed E-state index contributed by atoms with van der Waals surface area (Å²) in [6, 6.07) is 9.95. The van der Waals surface area contributed by atoms with Crippen molar-refractivity contribution in [3.63, 3.8) is 0 Å². The molecule has 0 heterocycles. The highest BCUT2D eigenvalue weighted by Gasteiger charge is 2.31. The minimum absolute atomic E-state index is 0.0337. The zero-order valence-electron chi connectivity index (χ0n) is 12.3. The molecule has 0 fully saturated rings. The van der Waals surface area contributed by atoms with Gasteiger partial charge in [0.25, 0.3) is 0 Å². The lowest BCUT2D eigenvalue weighted by atomic mass is 9.81. The Kier molecular flexibility index (Phi) is 5.98. The third kappa shape index (κ3) is 3.78. The highest BCUT2D eigenvalue weighted by Crippen LogP contribution is 2.27. The topological polar surface area (TPSA) is 52.5 Å². The van der Waals surface area contributed by atoms with Crippen LogP contribution in [-0.2, 0) is 5.54 Å². The first-order valence-corrected chi connectivity index (χ1v) is 7.08. The molecular formula is C16H27NO2. The fraction of sp³-hybridized carbons (Fsp3) is 0.625. The number of nitrogens with one attached hydrogen (secondary N) is 1. The summed E-state index contributed by atoms with van der Waals surface area (Å²) < 4.78 is 0. The van der Waals surface area contributed by atoms with Gasteiger partial charge in [-0.2, -0.15) is 0 Å². The predicted molar refractivity (Wildman–Crippen MR) is 79.0 cm³/mol. The summed E-state index contributed by atoms with van der Waals surface area (Å²) in [5.41, 5.74) is 0.494. The van der Waals surface area contributed by atoms with Crippen LogP contribution in [0.2, 0.25) is 0 Å². The Balaban J connectivity index is 2.82. The van der Waals surface area contributed by atoms with Crippen LogP contribution in [0.3, 0.4) is 0 Å². The number of aliphatic hydroxyl groups is 2. The van der Waals surface area contributed by atoms with E-state index in [1.165, 1.54) is 0 Å². The number of hydrogen-bond acceptors (Lipinski definition) is 3. The molecule has 3 heteroatoms. The molecule has 0 aliphatic heterocycles. The van der Waals surface area contributed by atoms with Crippen LogP contribution in [-0.4, -0.2) is 30.0 Å². The van der Waals surface area contributed by atoms with Crippen molar-refractivity contribution in [1.82, 2.24) is 5.32 Å². The fourth-order valence-electron chi connectivity index (χ4n) is 2.22. The van der Waals surface area contributed by atoms with Gasteiger partial charge in [-0.1, -0.05) is 44.2 Å². The van der Waals surface area contributed by atoms with Gasteiger partial charge in [-0.05, 0) is 25.3 Å². The first-order valence-electron chi connectivity index (χ1n) is 7.08. The predicted octanol–water partition coefficient (Wildman–Crippen LogP) is 2.28. The van der Waals surface area contributed by atoms with E-state index in [2.05, 4.69) is 19.2 Å². The van der Waals surface area contributed by atoms with Crippen LogP contribution in [0, 0.1) is 5.41 Å². The molecule has 0 bridgehead atoms. The summed E-state index contributed by atoms with van der Waals surface area (Å²) in [6.45, 7) is 7.09. The molecule has 0 amide bonds. The normalized spacial score (nSPS) is 15.2. The monoisotopic (exact) mass is 265 g/mol. The van der Waals surface area contributed by atoms with E-state index in [9.17, 15) is 10.2 Å².